The molecule has 3 heterocycles. The van der Waals surface area contributed by atoms with Crippen LogP contribution in [0.2, 0.25) is 0 Å². The summed E-state index contributed by atoms with van der Waals surface area (Å²) < 4.78 is 6.40. The first-order valence-corrected chi connectivity index (χ1v) is 11.8. The van der Waals surface area contributed by atoms with Gasteiger partial charge in [-0.1, -0.05) is 13.8 Å². The van der Waals surface area contributed by atoms with Crippen molar-refractivity contribution in [2.75, 3.05) is 45.8 Å². The third-order valence-electron chi connectivity index (χ3n) is 6.98. The van der Waals surface area contributed by atoms with Crippen molar-refractivity contribution in [3.63, 3.8) is 0 Å². The molecule has 0 aromatic heterocycles. The van der Waals surface area contributed by atoms with Gasteiger partial charge < -0.3 is 20.1 Å². The SMILES string of the molecule is CC.OC1CCN(C2CC(OC3CCN(CC4CCNCC4)CC3)C2)CC1. The van der Waals surface area contributed by atoms with Crippen LogP contribution in [-0.4, -0.2) is 85.1 Å². The summed E-state index contributed by atoms with van der Waals surface area (Å²) in [6.07, 6.45) is 10.4. The van der Waals surface area contributed by atoms with Crippen LogP contribution in [0.5, 0.6) is 0 Å². The summed E-state index contributed by atoms with van der Waals surface area (Å²) in [4.78, 5) is 5.26. The van der Waals surface area contributed by atoms with Crippen molar-refractivity contribution in [2.45, 2.75) is 89.6 Å². The van der Waals surface area contributed by atoms with E-state index in [0.717, 1.165) is 37.9 Å². The highest BCUT2D eigenvalue weighted by Gasteiger charge is 2.37. The zero-order chi connectivity index (χ0) is 19.1. The molecule has 0 spiro atoms. The summed E-state index contributed by atoms with van der Waals surface area (Å²) in [5.41, 5.74) is 0. The number of piperidine rings is 3. The Morgan fingerprint density at radius 1 is 0.852 bits per heavy atom. The third kappa shape index (κ3) is 6.40. The molecule has 4 fully saturated rings. The zero-order valence-corrected chi connectivity index (χ0v) is 17.7. The standard InChI is InChI=1S/C20H37N3O2.C2H6/c24-18-3-11-23(12-4-18)17-13-20(14-17)25-19-5-9-22(10-6-19)15-16-1-7-21-8-2-16;1-2/h16-21,24H,1-15H2;1-2H3. The van der Waals surface area contributed by atoms with Gasteiger partial charge in [0.15, 0.2) is 0 Å². The van der Waals surface area contributed by atoms with E-state index in [9.17, 15) is 5.11 Å². The molecule has 3 saturated heterocycles. The van der Waals surface area contributed by atoms with Gasteiger partial charge in [-0.3, -0.25) is 4.90 Å². The maximum atomic E-state index is 9.63. The van der Waals surface area contributed by atoms with E-state index in [4.69, 9.17) is 4.74 Å². The van der Waals surface area contributed by atoms with Gasteiger partial charge in [0.1, 0.15) is 0 Å². The first kappa shape index (κ1) is 21.5. The van der Waals surface area contributed by atoms with Gasteiger partial charge in [-0.25, -0.2) is 0 Å². The molecule has 0 aromatic rings. The van der Waals surface area contributed by atoms with Crippen LogP contribution in [0.25, 0.3) is 0 Å². The van der Waals surface area contributed by atoms with Gasteiger partial charge in [0.05, 0.1) is 18.3 Å². The fourth-order valence-electron chi connectivity index (χ4n) is 5.13. The van der Waals surface area contributed by atoms with E-state index in [0.29, 0.717) is 12.2 Å². The lowest BCUT2D eigenvalue weighted by Crippen LogP contribution is -2.52. The summed E-state index contributed by atoms with van der Waals surface area (Å²) in [6.45, 7) is 12.3. The van der Waals surface area contributed by atoms with E-state index in [-0.39, 0.29) is 6.10 Å². The van der Waals surface area contributed by atoms with E-state index in [1.165, 1.54) is 71.2 Å². The van der Waals surface area contributed by atoms with Crippen LogP contribution < -0.4 is 5.32 Å². The molecule has 158 valence electrons. The van der Waals surface area contributed by atoms with E-state index in [1.807, 2.05) is 13.8 Å². The van der Waals surface area contributed by atoms with Gasteiger partial charge in [0.2, 0.25) is 0 Å². The molecule has 27 heavy (non-hydrogen) atoms. The van der Waals surface area contributed by atoms with Crippen LogP contribution >= 0.6 is 0 Å². The van der Waals surface area contributed by atoms with E-state index in [2.05, 4.69) is 15.1 Å². The summed E-state index contributed by atoms with van der Waals surface area (Å²) in [7, 11) is 0. The highest BCUT2D eigenvalue weighted by Crippen LogP contribution is 2.32. The minimum atomic E-state index is -0.0570. The number of hydrogen-bond acceptors (Lipinski definition) is 5. The topological polar surface area (TPSA) is 48.0 Å². The van der Waals surface area contributed by atoms with Crippen LogP contribution in [0.3, 0.4) is 0 Å². The Kier molecular flexibility index (Phi) is 8.85. The minimum Gasteiger partial charge on any atom is -0.393 e. The molecule has 1 aliphatic carbocycles. The smallest absolute Gasteiger partial charge is 0.0608 e. The van der Waals surface area contributed by atoms with Crippen molar-refractivity contribution < 1.29 is 9.84 Å². The van der Waals surface area contributed by atoms with Crippen LogP contribution in [0.15, 0.2) is 0 Å². The average molecular weight is 382 g/mol. The molecule has 3 aliphatic heterocycles. The fourth-order valence-corrected chi connectivity index (χ4v) is 5.13. The predicted molar refractivity (Wildman–Crippen MR) is 111 cm³/mol. The molecule has 1 saturated carbocycles. The predicted octanol–water partition coefficient (Wildman–Crippen LogP) is 2.48. The maximum absolute atomic E-state index is 9.63. The monoisotopic (exact) mass is 381 g/mol. The number of nitrogens with one attached hydrogen (secondary N) is 1. The number of aliphatic hydroxyl groups is 1. The number of rotatable bonds is 5. The Morgan fingerprint density at radius 3 is 2.11 bits per heavy atom. The second kappa shape index (κ2) is 11.1. The van der Waals surface area contributed by atoms with E-state index < -0.39 is 0 Å². The summed E-state index contributed by atoms with van der Waals surface area (Å²) in [5.74, 6) is 0.911. The van der Waals surface area contributed by atoms with Crippen LogP contribution in [-0.2, 0) is 4.74 Å². The largest absolute Gasteiger partial charge is 0.393 e. The molecular weight excluding hydrogens is 338 g/mol. The van der Waals surface area contributed by atoms with Gasteiger partial charge in [0, 0.05) is 38.8 Å². The molecule has 0 amide bonds. The summed E-state index contributed by atoms with van der Waals surface area (Å²) in [5, 5.41) is 13.1. The van der Waals surface area contributed by atoms with Crippen LogP contribution in [0.1, 0.15) is 65.2 Å². The highest BCUT2D eigenvalue weighted by atomic mass is 16.5. The van der Waals surface area contributed by atoms with Crippen molar-refractivity contribution in [3.8, 4) is 0 Å². The number of hydrogen-bond donors (Lipinski definition) is 2. The lowest BCUT2D eigenvalue weighted by molar-refractivity contribution is -0.109. The summed E-state index contributed by atoms with van der Waals surface area (Å²) in [6, 6.07) is 0.720. The molecule has 0 unspecified atom stereocenters. The molecule has 4 rings (SSSR count). The van der Waals surface area contributed by atoms with Crippen molar-refractivity contribution >= 4 is 0 Å². The van der Waals surface area contributed by atoms with Crippen molar-refractivity contribution in [3.05, 3.63) is 0 Å². The first-order chi connectivity index (χ1) is 13.3. The molecule has 0 aromatic carbocycles. The quantitative estimate of drug-likeness (QED) is 0.766. The van der Waals surface area contributed by atoms with Crippen LogP contribution in [0, 0.1) is 5.92 Å². The lowest BCUT2D eigenvalue weighted by Gasteiger charge is -2.46. The number of likely N-dealkylation sites (tertiary alicyclic amines) is 2. The summed E-state index contributed by atoms with van der Waals surface area (Å²) >= 11 is 0. The fraction of sp³-hybridized carbons (Fsp3) is 1.00. The van der Waals surface area contributed by atoms with Crippen molar-refractivity contribution in [2.24, 2.45) is 5.92 Å². The normalized spacial score (nSPS) is 32.6. The van der Waals surface area contributed by atoms with Crippen LogP contribution in [0.4, 0.5) is 0 Å². The molecule has 0 radical (unpaired) electrons. The van der Waals surface area contributed by atoms with E-state index >= 15 is 0 Å². The van der Waals surface area contributed by atoms with Gasteiger partial charge >= 0.3 is 0 Å². The second-order valence-corrected chi connectivity index (χ2v) is 8.84. The Bertz CT molecular complexity index is 394. The third-order valence-corrected chi connectivity index (χ3v) is 6.98. The Morgan fingerprint density at radius 2 is 1.48 bits per heavy atom. The number of aliphatic hydroxyl groups excluding tert-OH is 1. The van der Waals surface area contributed by atoms with Gasteiger partial charge in [0.25, 0.3) is 0 Å². The number of nitrogens with zero attached hydrogens (tertiary/aromatic N) is 2. The molecule has 0 bridgehead atoms. The molecule has 5 nitrogen and oxygen atoms in total. The minimum absolute atomic E-state index is 0.0570. The Hall–Kier alpha value is -0.200. The first-order valence-electron chi connectivity index (χ1n) is 11.8. The van der Waals surface area contributed by atoms with Crippen molar-refractivity contribution in [1.29, 1.82) is 0 Å². The molecule has 2 N–H and O–H groups in total. The van der Waals surface area contributed by atoms with Crippen molar-refractivity contribution in [1.82, 2.24) is 15.1 Å². The number of ether oxygens (including phenoxy) is 1. The van der Waals surface area contributed by atoms with Gasteiger partial charge in [-0.2, -0.15) is 0 Å². The lowest BCUT2D eigenvalue weighted by atomic mass is 9.86. The Balaban J connectivity index is 0.00000102. The average Bonchev–Trinajstić information content (AvgIpc) is 2.69. The van der Waals surface area contributed by atoms with E-state index in [1.54, 1.807) is 0 Å². The highest BCUT2D eigenvalue weighted by molar-refractivity contribution is 4.91. The molecule has 5 heteroatoms. The zero-order valence-electron chi connectivity index (χ0n) is 17.7. The van der Waals surface area contributed by atoms with Gasteiger partial charge in [-0.15, -0.1) is 0 Å². The Labute approximate surface area is 166 Å². The molecule has 4 aliphatic rings. The maximum Gasteiger partial charge on any atom is 0.0608 e. The molecular formula is C22H43N3O2. The second-order valence-electron chi connectivity index (χ2n) is 8.84. The molecule has 0 atom stereocenters. The van der Waals surface area contributed by atoms with Gasteiger partial charge in [-0.05, 0) is 70.4 Å².